The van der Waals surface area contributed by atoms with Gasteiger partial charge in [0.15, 0.2) is 0 Å². The molecule has 2 heterocycles. The van der Waals surface area contributed by atoms with Gasteiger partial charge in [0.2, 0.25) is 5.91 Å². The highest BCUT2D eigenvalue weighted by atomic mass is 79.9. The van der Waals surface area contributed by atoms with E-state index in [0.717, 1.165) is 32.0 Å². The maximum absolute atomic E-state index is 12.3. The monoisotopic (exact) mass is 452 g/mol. The number of nitrogens with zero attached hydrogens (tertiary/aromatic N) is 3. The lowest BCUT2D eigenvalue weighted by molar-refractivity contribution is -0.113. The van der Waals surface area contributed by atoms with Crippen LogP contribution < -0.4 is 5.32 Å². The molecule has 28 heavy (non-hydrogen) atoms. The molecular weight excluding hydrogens is 436 g/mol. The molecule has 0 bridgehead atoms. The summed E-state index contributed by atoms with van der Waals surface area (Å²) in [5.41, 5.74) is 4.81. The molecule has 2 aromatic heterocycles. The third-order valence-corrected chi connectivity index (χ3v) is 5.69. The standard InChI is InChI=1S/C21H17BrN4OS/c1-14-2-4-15(5-3-14)18-12-19-21(23-10-11-26(19)25-18)28-13-20(27)24-17-8-6-16(22)7-9-17/h2-12H,13H2,1H3,(H,24,27). The zero-order chi connectivity index (χ0) is 19.5. The summed E-state index contributed by atoms with van der Waals surface area (Å²) in [7, 11) is 0. The molecule has 140 valence electrons. The van der Waals surface area contributed by atoms with Crippen LogP contribution in [0.1, 0.15) is 5.56 Å². The van der Waals surface area contributed by atoms with Gasteiger partial charge in [0.05, 0.1) is 17.0 Å². The summed E-state index contributed by atoms with van der Waals surface area (Å²) >= 11 is 4.78. The molecule has 0 aliphatic heterocycles. The summed E-state index contributed by atoms with van der Waals surface area (Å²) in [4.78, 5) is 16.7. The molecule has 1 amide bonds. The van der Waals surface area contributed by atoms with Crippen molar-refractivity contribution in [2.24, 2.45) is 0 Å². The van der Waals surface area contributed by atoms with Crippen molar-refractivity contribution in [3.63, 3.8) is 0 Å². The Bertz CT molecular complexity index is 1120. The van der Waals surface area contributed by atoms with Crippen LogP contribution in [0, 0.1) is 6.92 Å². The van der Waals surface area contributed by atoms with Crippen LogP contribution in [-0.2, 0) is 4.79 Å². The van der Waals surface area contributed by atoms with Crippen molar-refractivity contribution in [3.8, 4) is 11.3 Å². The van der Waals surface area contributed by atoms with Crippen LogP contribution >= 0.6 is 27.7 Å². The van der Waals surface area contributed by atoms with E-state index in [1.54, 1.807) is 10.7 Å². The second-order valence-corrected chi connectivity index (χ2v) is 8.18. The molecule has 0 radical (unpaired) electrons. The van der Waals surface area contributed by atoms with Crippen molar-refractivity contribution in [2.45, 2.75) is 11.9 Å². The highest BCUT2D eigenvalue weighted by Gasteiger charge is 2.11. The Morgan fingerprint density at radius 1 is 1.14 bits per heavy atom. The molecule has 0 saturated heterocycles. The van der Waals surface area contributed by atoms with Crippen molar-refractivity contribution in [3.05, 3.63) is 77.0 Å². The smallest absolute Gasteiger partial charge is 0.234 e. The summed E-state index contributed by atoms with van der Waals surface area (Å²) in [6, 6.07) is 17.8. The van der Waals surface area contributed by atoms with Gasteiger partial charge in [-0.2, -0.15) is 5.10 Å². The highest BCUT2D eigenvalue weighted by Crippen LogP contribution is 2.26. The molecule has 4 aromatic rings. The molecule has 4 rings (SSSR count). The largest absolute Gasteiger partial charge is 0.325 e. The second kappa shape index (κ2) is 8.16. The molecule has 1 N–H and O–H groups in total. The average Bonchev–Trinajstić information content (AvgIpc) is 3.13. The van der Waals surface area contributed by atoms with E-state index in [9.17, 15) is 4.79 Å². The number of aryl methyl sites for hydroxylation is 1. The maximum atomic E-state index is 12.3. The fraction of sp³-hybridized carbons (Fsp3) is 0.0952. The van der Waals surface area contributed by atoms with Crippen molar-refractivity contribution < 1.29 is 4.79 Å². The number of hydrogen-bond donors (Lipinski definition) is 1. The zero-order valence-electron chi connectivity index (χ0n) is 15.1. The summed E-state index contributed by atoms with van der Waals surface area (Å²) in [5, 5.41) is 8.30. The van der Waals surface area contributed by atoms with Crippen molar-refractivity contribution >= 4 is 44.8 Å². The predicted octanol–water partition coefficient (Wildman–Crippen LogP) is 5.20. The van der Waals surface area contributed by atoms with E-state index in [-0.39, 0.29) is 11.7 Å². The van der Waals surface area contributed by atoms with Gasteiger partial charge in [-0.15, -0.1) is 0 Å². The third kappa shape index (κ3) is 4.26. The number of fused-ring (bicyclic) bond motifs is 1. The second-order valence-electron chi connectivity index (χ2n) is 6.30. The van der Waals surface area contributed by atoms with Gasteiger partial charge in [-0.3, -0.25) is 4.79 Å². The van der Waals surface area contributed by atoms with E-state index in [2.05, 4.69) is 62.5 Å². The SMILES string of the molecule is Cc1ccc(-c2cc3c(SCC(=O)Nc4ccc(Br)cc4)nccn3n2)cc1. The Kier molecular flexibility index (Phi) is 5.45. The Balaban J connectivity index is 1.50. The molecule has 0 aliphatic carbocycles. The summed E-state index contributed by atoms with van der Waals surface area (Å²) in [6.07, 6.45) is 3.52. The first kappa shape index (κ1) is 18.7. The Morgan fingerprint density at radius 2 is 1.89 bits per heavy atom. The number of carbonyl (C=O) groups excluding carboxylic acids is 1. The van der Waals surface area contributed by atoms with Crippen LogP contribution in [0.25, 0.3) is 16.8 Å². The number of halogens is 1. The van der Waals surface area contributed by atoms with E-state index < -0.39 is 0 Å². The number of rotatable bonds is 5. The van der Waals surface area contributed by atoms with Gasteiger partial charge in [0, 0.05) is 28.1 Å². The van der Waals surface area contributed by atoms with Crippen LogP contribution in [0.15, 0.2) is 76.5 Å². The Morgan fingerprint density at radius 3 is 2.64 bits per heavy atom. The van der Waals surface area contributed by atoms with Crippen LogP contribution in [0.4, 0.5) is 5.69 Å². The van der Waals surface area contributed by atoms with Crippen LogP contribution in [-0.4, -0.2) is 26.3 Å². The lowest BCUT2D eigenvalue weighted by atomic mass is 10.1. The Hall–Kier alpha value is -2.64. The van der Waals surface area contributed by atoms with E-state index in [1.807, 2.05) is 36.5 Å². The van der Waals surface area contributed by atoms with Gasteiger partial charge in [-0.1, -0.05) is 57.5 Å². The molecular formula is C21H17BrN4OS. The molecule has 0 fully saturated rings. The number of aromatic nitrogens is 3. The number of carbonyl (C=O) groups is 1. The number of thioether (sulfide) groups is 1. The first-order valence-electron chi connectivity index (χ1n) is 8.68. The average molecular weight is 453 g/mol. The number of nitrogens with one attached hydrogen (secondary N) is 1. The van der Waals surface area contributed by atoms with Crippen molar-refractivity contribution in [1.29, 1.82) is 0 Å². The topological polar surface area (TPSA) is 59.3 Å². The minimum atomic E-state index is -0.0746. The van der Waals surface area contributed by atoms with E-state index in [4.69, 9.17) is 0 Å². The van der Waals surface area contributed by atoms with Gasteiger partial charge in [-0.05, 0) is 37.3 Å². The normalized spacial score (nSPS) is 10.9. The van der Waals surface area contributed by atoms with Crippen LogP contribution in [0.5, 0.6) is 0 Å². The number of anilines is 1. The van der Waals surface area contributed by atoms with Gasteiger partial charge < -0.3 is 5.32 Å². The number of hydrogen-bond acceptors (Lipinski definition) is 4. The van der Waals surface area contributed by atoms with Gasteiger partial charge in [-0.25, -0.2) is 9.50 Å². The minimum Gasteiger partial charge on any atom is -0.325 e. The Labute approximate surface area is 175 Å². The van der Waals surface area contributed by atoms with Crippen molar-refractivity contribution in [2.75, 3.05) is 11.1 Å². The summed E-state index contributed by atoms with van der Waals surface area (Å²) in [5.74, 6) is 0.197. The van der Waals surface area contributed by atoms with Gasteiger partial charge in [0.1, 0.15) is 5.03 Å². The first-order chi connectivity index (χ1) is 13.6. The molecule has 7 heteroatoms. The van der Waals surface area contributed by atoms with Gasteiger partial charge >= 0.3 is 0 Å². The summed E-state index contributed by atoms with van der Waals surface area (Å²) < 4.78 is 2.78. The first-order valence-corrected chi connectivity index (χ1v) is 10.5. The summed E-state index contributed by atoms with van der Waals surface area (Å²) in [6.45, 7) is 2.06. The molecule has 2 aromatic carbocycles. The van der Waals surface area contributed by atoms with Crippen molar-refractivity contribution in [1.82, 2.24) is 14.6 Å². The predicted molar refractivity (Wildman–Crippen MR) is 117 cm³/mol. The van der Waals surface area contributed by atoms with Crippen LogP contribution in [0.3, 0.4) is 0 Å². The molecule has 0 spiro atoms. The number of benzene rings is 2. The highest BCUT2D eigenvalue weighted by molar-refractivity contribution is 9.10. The van der Waals surface area contributed by atoms with E-state index >= 15 is 0 Å². The lowest BCUT2D eigenvalue weighted by Gasteiger charge is -2.05. The minimum absolute atomic E-state index is 0.0746. The molecule has 0 aliphatic rings. The fourth-order valence-corrected chi connectivity index (χ4v) is 3.78. The fourth-order valence-electron chi connectivity index (χ4n) is 2.74. The lowest BCUT2D eigenvalue weighted by Crippen LogP contribution is -2.14. The maximum Gasteiger partial charge on any atom is 0.234 e. The van der Waals surface area contributed by atoms with E-state index in [0.29, 0.717) is 0 Å². The number of amides is 1. The zero-order valence-corrected chi connectivity index (χ0v) is 17.5. The molecule has 0 saturated carbocycles. The van der Waals surface area contributed by atoms with Gasteiger partial charge in [0.25, 0.3) is 0 Å². The quantitative estimate of drug-likeness (QED) is 0.422. The molecule has 5 nitrogen and oxygen atoms in total. The van der Waals surface area contributed by atoms with E-state index in [1.165, 1.54) is 17.3 Å². The van der Waals surface area contributed by atoms with Crippen LogP contribution in [0.2, 0.25) is 0 Å². The molecule has 0 atom stereocenters. The third-order valence-electron chi connectivity index (χ3n) is 4.17. The molecule has 0 unspecified atom stereocenters.